The van der Waals surface area contributed by atoms with E-state index in [1.165, 1.54) is 12.1 Å². The van der Waals surface area contributed by atoms with Gasteiger partial charge in [-0.2, -0.15) is 13.2 Å². The molecule has 0 saturated carbocycles. The Morgan fingerprint density at radius 3 is 2.42 bits per heavy atom. The molecule has 0 bridgehead atoms. The minimum absolute atomic E-state index is 0.164. The number of rotatable bonds is 6. The molecule has 0 saturated heterocycles. The average Bonchev–Trinajstić information content (AvgIpc) is 2.58. The van der Waals surface area contributed by atoms with E-state index >= 15 is 0 Å². The third-order valence-electron chi connectivity index (χ3n) is 3.74. The van der Waals surface area contributed by atoms with Gasteiger partial charge in [0.1, 0.15) is 5.69 Å². The molecular formula is C18H21F3N4O. The summed E-state index contributed by atoms with van der Waals surface area (Å²) in [4.78, 5) is 22.4. The van der Waals surface area contributed by atoms with Crippen LogP contribution >= 0.6 is 0 Å². The van der Waals surface area contributed by atoms with Crippen LogP contribution in [0.25, 0.3) is 0 Å². The van der Waals surface area contributed by atoms with E-state index in [9.17, 15) is 18.0 Å². The number of carbonyl (C=O) groups is 1. The number of amides is 1. The third kappa shape index (κ3) is 5.18. The number of nitrogens with zero attached hydrogens (tertiary/aromatic N) is 3. The van der Waals surface area contributed by atoms with Crippen LogP contribution in [-0.2, 0) is 6.18 Å². The smallest absolute Gasteiger partial charge is 0.340 e. The molecule has 1 aromatic heterocycles. The molecule has 0 atom stereocenters. The van der Waals surface area contributed by atoms with Gasteiger partial charge in [0.25, 0.3) is 5.91 Å². The Kier molecular flexibility index (Phi) is 6.18. The molecule has 1 N–H and O–H groups in total. The minimum Gasteiger partial charge on any atom is -0.340 e. The highest BCUT2D eigenvalue weighted by Crippen LogP contribution is 2.30. The summed E-state index contributed by atoms with van der Waals surface area (Å²) in [5.41, 5.74) is 0.495. The molecule has 0 aliphatic carbocycles. The molecule has 1 aromatic carbocycles. The van der Waals surface area contributed by atoms with Crippen LogP contribution in [0.2, 0.25) is 0 Å². The van der Waals surface area contributed by atoms with Gasteiger partial charge in [0.2, 0.25) is 5.95 Å². The molecule has 0 unspecified atom stereocenters. The zero-order valence-corrected chi connectivity index (χ0v) is 14.9. The lowest BCUT2D eigenvalue weighted by atomic mass is 10.2. The Bertz CT molecular complexity index is 760. The lowest BCUT2D eigenvalue weighted by Crippen LogP contribution is -2.28. The summed E-state index contributed by atoms with van der Waals surface area (Å²) in [6, 6.07) is 6.13. The van der Waals surface area contributed by atoms with E-state index in [1.54, 1.807) is 24.9 Å². The first-order valence-corrected chi connectivity index (χ1v) is 8.26. The van der Waals surface area contributed by atoms with E-state index < -0.39 is 11.7 Å². The second-order valence-corrected chi connectivity index (χ2v) is 6.00. The molecule has 0 spiro atoms. The summed E-state index contributed by atoms with van der Waals surface area (Å²) in [6.45, 7) is 4.39. The first-order valence-electron chi connectivity index (χ1n) is 8.26. The van der Waals surface area contributed by atoms with Crippen molar-refractivity contribution in [3.05, 3.63) is 47.3 Å². The lowest BCUT2D eigenvalue weighted by molar-refractivity contribution is -0.137. The Hall–Kier alpha value is -2.64. The Labute approximate surface area is 150 Å². The van der Waals surface area contributed by atoms with E-state index in [-0.39, 0.29) is 17.5 Å². The number of carbonyl (C=O) groups excluding carboxylic acids is 1. The number of anilines is 2. The van der Waals surface area contributed by atoms with Gasteiger partial charge in [-0.05, 0) is 43.7 Å². The summed E-state index contributed by atoms with van der Waals surface area (Å²) in [5, 5.41) is 2.84. The molecule has 1 amide bonds. The summed E-state index contributed by atoms with van der Waals surface area (Å²) in [7, 11) is 1.71. The summed E-state index contributed by atoms with van der Waals surface area (Å²) in [6.07, 6.45) is -2.52. The van der Waals surface area contributed by atoms with Crippen molar-refractivity contribution < 1.29 is 18.0 Å². The average molecular weight is 366 g/mol. The second-order valence-electron chi connectivity index (χ2n) is 6.00. The van der Waals surface area contributed by atoms with Crippen LogP contribution in [0.1, 0.15) is 41.5 Å². The standard InChI is InChI=1S/C18H21F3N4O/c1-4-5-10-25(3)16(26)15-11-12(2)22-17(24-15)23-14-8-6-13(7-9-14)18(19,20)21/h6-9,11H,4-5,10H2,1-3H3,(H,22,23,24). The van der Waals surface area contributed by atoms with Crippen LogP contribution in [0.5, 0.6) is 0 Å². The van der Waals surface area contributed by atoms with Crippen LogP contribution in [0.3, 0.4) is 0 Å². The van der Waals surface area contributed by atoms with Gasteiger partial charge in [-0.1, -0.05) is 13.3 Å². The summed E-state index contributed by atoms with van der Waals surface area (Å²) in [5.74, 6) is -0.0589. The van der Waals surface area contributed by atoms with E-state index in [2.05, 4.69) is 15.3 Å². The van der Waals surface area contributed by atoms with E-state index in [0.717, 1.165) is 25.0 Å². The van der Waals surface area contributed by atoms with Gasteiger partial charge in [-0.25, -0.2) is 9.97 Å². The van der Waals surface area contributed by atoms with Crippen molar-refractivity contribution in [2.45, 2.75) is 32.9 Å². The molecule has 0 aliphatic rings. The van der Waals surface area contributed by atoms with Gasteiger partial charge in [0.15, 0.2) is 0 Å². The van der Waals surface area contributed by atoms with Gasteiger partial charge in [0, 0.05) is 25.0 Å². The number of benzene rings is 1. The number of halogens is 3. The van der Waals surface area contributed by atoms with Crippen molar-refractivity contribution >= 4 is 17.5 Å². The van der Waals surface area contributed by atoms with Gasteiger partial charge in [-0.3, -0.25) is 4.79 Å². The molecule has 2 aromatic rings. The van der Waals surface area contributed by atoms with Crippen molar-refractivity contribution in [1.82, 2.24) is 14.9 Å². The zero-order chi connectivity index (χ0) is 19.3. The van der Waals surface area contributed by atoms with Crippen LogP contribution < -0.4 is 5.32 Å². The van der Waals surface area contributed by atoms with Gasteiger partial charge in [0.05, 0.1) is 5.56 Å². The van der Waals surface area contributed by atoms with Gasteiger partial charge < -0.3 is 10.2 Å². The monoisotopic (exact) mass is 366 g/mol. The first-order chi connectivity index (χ1) is 12.2. The third-order valence-corrected chi connectivity index (χ3v) is 3.74. The van der Waals surface area contributed by atoms with Crippen LogP contribution in [0.15, 0.2) is 30.3 Å². The lowest BCUT2D eigenvalue weighted by Gasteiger charge is -2.17. The van der Waals surface area contributed by atoms with Gasteiger partial charge >= 0.3 is 6.18 Å². The van der Waals surface area contributed by atoms with Crippen molar-refractivity contribution in [2.75, 3.05) is 18.9 Å². The molecule has 5 nitrogen and oxygen atoms in total. The first kappa shape index (κ1) is 19.7. The molecule has 1 heterocycles. The van der Waals surface area contributed by atoms with Crippen LogP contribution in [-0.4, -0.2) is 34.4 Å². The van der Waals surface area contributed by atoms with E-state index in [4.69, 9.17) is 0 Å². The molecular weight excluding hydrogens is 345 g/mol. The second kappa shape index (κ2) is 8.16. The van der Waals surface area contributed by atoms with Crippen LogP contribution in [0.4, 0.5) is 24.8 Å². The topological polar surface area (TPSA) is 58.1 Å². The van der Waals surface area contributed by atoms with E-state index in [0.29, 0.717) is 17.9 Å². The zero-order valence-electron chi connectivity index (χ0n) is 14.9. The summed E-state index contributed by atoms with van der Waals surface area (Å²) < 4.78 is 37.9. The molecule has 26 heavy (non-hydrogen) atoms. The quantitative estimate of drug-likeness (QED) is 0.822. The fourth-order valence-electron chi connectivity index (χ4n) is 2.30. The fourth-order valence-corrected chi connectivity index (χ4v) is 2.30. The predicted molar refractivity (Wildman–Crippen MR) is 93.4 cm³/mol. The Morgan fingerprint density at radius 1 is 1.19 bits per heavy atom. The Balaban J connectivity index is 2.18. The molecule has 140 valence electrons. The fraction of sp³-hybridized carbons (Fsp3) is 0.389. The largest absolute Gasteiger partial charge is 0.416 e. The number of nitrogens with one attached hydrogen (secondary N) is 1. The highest BCUT2D eigenvalue weighted by Gasteiger charge is 2.30. The van der Waals surface area contributed by atoms with E-state index in [1.807, 2.05) is 6.92 Å². The highest BCUT2D eigenvalue weighted by molar-refractivity contribution is 5.92. The normalized spacial score (nSPS) is 11.3. The van der Waals surface area contributed by atoms with Crippen molar-refractivity contribution in [3.63, 3.8) is 0 Å². The molecule has 0 aliphatic heterocycles. The van der Waals surface area contributed by atoms with Crippen molar-refractivity contribution in [2.24, 2.45) is 0 Å². The molecule has 0 radical (unpaired) electrons. The number of hydrogen-bond acceptors (Lipinski definition) is 4. The maximum atomic E-state index is 12.6. The highest BCUT2D eigenvalue weighted by atomic mass is 19.4. The number of unbranched alkanes of at least 4 members (excludes halogenated alkanes) is 1. The predicted octanol–water partition coefficient (Wildman–Crippen LogP) is 4.42. The number of aromatic nitrogens is 2. The maximum absolute atomic E-state index is 12.6. The van der Waals surface area contributed by atoms with Crippen LogP contribution in [0, 0.1) is 6.92 Å². The minimum atomic E-state index is -4.39. The SMILES string of the molecule is CCCCN(C)C(=O)c1cc(C)nc(Nc2ccc(C(F)(F)F)cc2)n1. The molecule has 2 rings (SSSR count). The van der Waals surface area contributed by atoms with Crippen molar-refractivity contribution in [1.29, 1.82) is 0 Å². The Morgan fingerprint density at radius 2 is 1.85 bits per heavy atom. The van der Waals surface area contributed by atoms with Crippen molar-refractivity contribution in [3.8, 4) is 0 Å². The maximum Gasteiger partial charge on any atom is 0.416 e. The van der Waals surface area contributed by atoms with Gasteiger partial charge in [-0.15, -0.1) is 0 Å². The molecule has 0 fully saturated rings. The number of aryl methyl sites for hydroxylation is 1. The number of hydrogen-bond donors (Lipinski definition) is 1. The molecule has 8 heteroatoms. The summed E-state index contributed by atoms with van der Waals surface area (Å²) >= 11 is 0. The number of alkyl halides is 3.